The van der Waals surface area contributed by atoms with Crippen LogP contribution in [0.5, 0.6) is 5.75 Å². The monoisotopic (exact) mass is 363 g/mol. The van der Waals surface area contributed by atoms with Crippen LogP contribution >= 0.6 is 15.9 Å². The molecule has 2 rings (SSSR count). The molecule has 1 aromatic carbocycles. The Bertz CT molecular complexity index is 471. The lowest BCUT2D eigenvalue weighted by molar-refractivity contribution is 0.0146. The second-order valence-electron chi connectivity index (χ2n) is 5.10. The van der Waals surface area contributed by atoms with Crippen LogP contribution in [0.1, 0.15) is 17.5 Å². The molecule has 0 fully saturated rings. The molecule has 0 amide bonds. The zero-order valence-electron chi connectivity index (χ0n) is 12.0. The lowest BCUT2D eigenvalue weighted by Crippen LogP contribution is -2.29. The first-order chi connectivity index (χ1) is 10.1. The topological polar surface area (TPSA) is 30.5 Å². The van der Waals surface area contributed by atoms with Gasteiger partial charge in [-0.15, -0.1) is 0 Å². The van der Waals surface area contributed by atoms with Crippen LogP contribution in [0.25, 0.3) is 0 Å². The molecule has 1 atom stereocenters. The summed E-state index contributed by atoms with van der Waals surface area (Å²) in [5.41, 5.74) is 2.37. The van der Waals surface area contributed by atoms with E-state index in [-0.39, 0.29) is 6.04 Å². The van der Waals surface area contributed by atoms with Crippen molar-refractivity contribution in [2.45, 2.75) is 31.7 Å². The Kier molecular flexibility index (Phi) is 6.39. The van der Waals surface area contributed by atoms with Crippen molar-refractivity contribution in [3.63, 3.8) is 0 Å². The summed E-state index contributed by atoms with van der Waals surface area (Å²) in [4.78, 5) is 0. The van der Waals surface area contributed by atoms with Crippen molar-refractivity contribution in [1.29, 1.82) is 0 Å². The Balaban J connectivity index is 1.93. The van der Waals surface area contributed by atoms with Gasteiger partial charge in [-0.3, -0.25) is 0 Å². The molecule has 1 aliphatic heterocycles. The Hall–Kier alpha value is -0.720. The van der Waals surface area contributed by atoms with Crippen LogP contribution in [0.2, 0.25) is 0 Å². The molecular weight excluding hydrogens is 344 g/mol. The second-order valence-corrected chi connectivity index (χ2v) is 6.01. The average molecular weight is 364 g/mol. The summed E-state index contributed by atoms with van der Waals surface area (Å²) in [6.45, 7) is 0.555. The minimum atomic E-state index is -2.40. The Morgan fingerprint density at radius 3 is 2.95 bits per heavy atom. The summed E-state index contributed by atoms with van der Waals surface area (Å²) >= 11 is 3.52. The van der Waals surface area contributed by atoms with Gasteiger partial charge in [-0.05, 0) is 43.1 Å². The summed E-state index contributed by atoms with van der Waals surface area (Å²) in [5.74, 6) is 0.979. The molecular formula is C15H20BrF2NO2. The van der Waals surface area contributed by atoms with Crippen LogP contribution in [0, 0.1) is 0 Å². The molecule has 0 saturated heterocycles. The molecule has 1 aliphatic rings. The molecule has 0 aromatic heterocycles. The SMILES string of the molecule is CNC(CCOCC(F)F)Cc1cc(Br)cc2c1OCC2. The smallest absolute Gasteiger partial charge is 0.261 e. The lowest BCUT2D eigenvalue weighted by atomic mass is 10.00. The van der Waals surface area contributed by atoms with Gasteiger partial charge in [0.15, 0.2) is 0 Å². The molecule has 3 nitrogen and oxygen atoms in total. The second kappa shape index (κ2) is 8.06. The van der Waals surface area contributed by atoms with E-state index < -0.39 is 13.0 Å². The van der Waals surface area contributed by atoms with Crippen LogP contribution in [0.4, 0.5) is 8.78 Å². The number of likely N-dealkylation sites (N-methyl/N-ethyl adjacent to an activating group) is 1. The number of ether oxygens (including phenoxy) is 2. The van der Waals surface area contributed by atoms with E-state index in [4.69, 9.17) is 9.47 Å². The van der Waals surface area contributed by atoms with Crippen LogP contribution in [-0.2, 0) is 17.6 Å². The van der Waals surface area contributed by atoms with E-state index in [0.717, 1.165) is 35.2 Å². The molecule has 0 aliphatic carbocycles. The molecule has 1 aromatic rings. The van der Waals surface area contributed by atoms with E-state index in [9.17, 15) is 8.78 Å². The minimum Gasteiger partial charge on any atom is -0.493 e. The number of benzene rings is 1. The Morgan fingerprint density at radius 2 is 2.24 bits per heavy atom. The van der Waals surface area contributed by atoms with E-state index in [1.165, 1.54) is 5.56 Å². The van der Waals surface area contributed by atoms with Crippen molar-refractivity contribution >= 4 is 15.9 Å². The van der Waals surface area contributed by atoms with E-state index in [2.05, 4.69) is 33.4 Å². The zero-order valence-corrected chi connectivity index (χ0v) is 13.6. The molecule has 0 spiro atoms. The number of hydrogen-bond acceptors (Lipinski definition) is 3. The quantitative estimate of drug-likeness (QED) is 0.719. The van der Waals surface area contributed by atoms with Gasteiger partial charge in [0.05, 0.1) is 6.61 Å². The fourth-order valence-electron chi connectivity index (χ4n) is 2.51. The fourth-order valence-corrected chi connectivity index (χ4v) is 3.06. The maximum atomic E-state index is 12.0. The number of rotatable bonds is 8. The molecule has 0 bridgehead atoms. The van der Waals surface area contributed by atoms with Gasteiger partial charge < -0.3 is 14.8 Å². The molecule has 0 radical (unpaired) electrons. The van der Waals surface area contributed by atoms with Crippen molar-refractivity contribution < 1.29 is 18.3 Å². The molecule has 1 heterocycles. The standard InChI is InChI=1S/C15H20BrF2NO2/c1-19-13(3-4-20-9-14(17)18)8-11-7-12(16)6-10-2-5-21-15(10)11/h6-7,13-14,19H,2-5,8-9H2,1H3. The van der Waals surface area contributed by atoms with Crippen LogP contribution < -0.4 is 10.1 Å². The van der Waals surface area contributed by atoms with Crippen LogP contribution in [0.15, 0.2) is 16.6 Å². The number of alkyl halides is 2. The highest BCUT2D eigenvalue weighted by atomic mass is 79.9. The van der Waals surface area contributed by atoms with Gasteiger partial charge in [-0.2, -0.15) is 0 Å². The van der Waals surface area contributed by atoms with Crippen molar-refractivity contribution in [2.24, 2.45) is 0 Å². The van der Waals surface area contributed by atoms with Crippen LogP contribution in [0.3, 0.4) is 0 Å². The van der Waals surface area contributed by atoms with E-state index in [0.29, 0.717) is 13.0 Å². The van der Waals surface area contributed by atoms with Crippen molar-refractivity contribution in [3.8, 4) is 5.75 Å². The first kappa shape index (κ1) is 16.6. The van der Waals surface area contributed by atoms with Crippen molar-refractivity contribution in [1.82, 2.24) is 5.32 Å². The number of hydrogen-bond donors (Lipinski definition) is 1. The van der Waals surface area contributed by atoms with Crippen molar-refractivity contribution in [3.05, 3.63) is 27.7 Å². The third-order valence-electron chi connectivity index (χ3n) is 3.55. The van der Waals surface area contributed by atoms with E-state index >= 15 is 0 Å². The third kappa shape index (κ3) is 4.90. The Labute approximate surface area is 132 Å². The maximum Gasteiger partial charge on any atom is 0.261 e. The van der Waals surface area contributed by atoms with Gasteiger partial charge in [0.1, 0.15) is 12.4 Å². The Morgan fingerprint density at radius 1 is 1.43 bits per heavy atom. The predicted octanol–water partition coefficient (Wildman–Crippen LogP) is 3.19. The molecule has 1 N–H and O–H groups in total. The lowest BCUT2D eigenvalue weighted by Gasteiger charge is -2.18. The van der Waals surface area contributed by atoms with Gasteiger partial charge in [0.25, 0.3) is 6.43 Å². The van der Waals surface area contributed by atoms with Crippen molar-refractivity contribution in [2.75, 3.05) is 26.9 Å². The van der Waals surface area contributed by atoms with Gasteiger partial charge in [-0.1, -0.05) is 15.9 Å². The largest absolute Gasteiger partial charge is 0.493 e. The summed E-state index contributed by atoms with van der Waals surface area (Å²) in [5, 5.41) is 3.21. The normalized spacial score (nSPS) is 15.1. The summed E-state index contributed by atoms with van der Waals surface area (Å²) in [7, 11) is 1.87. The fraction of sp³-hybridized carbons (Fsp3) is 0.600. The first-order valence-corrected chi connectivity index (χ1v) is 7.86. The zero-order chi connectivity index (χ0) is 15.2. The van der Waals surface area contributed by atoms with Gasteiger partial charge >= 0.3 is 0 Å². The van der Waals surface area contributed by atoms with E-state index in [1.54, 1.807) is 0 Å². The maximum absolute atomic E-state index is 12.0. The molecule has 6 heteroatoms. The minimum absolute atomic E-state index is 0.172. The van der Waals surface area contributed by atoms with Gasteiger partial charge in [0.2, 0.25) is 0 Å². The molecule has 118 valence electrons. The summed E-state index contributed by atoms with van der Waals surface area (Å²) < 4.78 is 35.7. The van der Waals surface area contributed by atoms with Gasteiger partial charge in [0, 0.05) is 23.5 Å². The molecule has 0 saturated carbocycles. The highest BCUT2D eigenvalue weighted by molar-refractivity contribution is 9.10. The van der Waals surface area contributed by atoms with E-state index in [1.807, 2.05) is 7.05 Å². The number of nitrogens with one attached hydrogen (secondary N) is 1. The van der Waals surface area contributed by atoms with Gasteiger partial charge in [-0.25, -0.2) is 8.78 Å². The summed E-state index contributed by atoms with van der Waals surface area (Å²) in [6, 6.07) is 4.32. The molecule has 21 heavy (non-hydrogen) atoms. The summed E-state index contributed by atoms with van der Waals surface area (Å²) in [6.07, 6.45) is 0.00408. The first-order valence-electron chi connectivity index (χ1n) is 7.07. The average Bonchev–Trinajstić information content (AvgIpc) is 2.89. The molecule has 1 unspecified atom stereocenters. The van der Waals surface area contributed by atoms with Crippen LogP contribution in [-0.4, -0.2) is 39.3 Å². The number of halogens is 3. The highest BCUT2D eigenvalue weighted by Gasteiger charge is 2.19. The third-order valence-corrected chi connectivity index (χ3v) is 4.01. The number of fused-ring (bicyclic) bond motifs is 1. The predicted molar refractivity (Wildman–Crippen MR) is 81.3 cm³/mol. The highest BCUT2D eigenvalue weighted by Crippen LogP contribution is 2.33.